The number of benzene rings is 1. The molecule has 1 atom stereocenters. The maximum absolute atomic E-state index is 12.3. The minimum Gasteiger partial charge on any atom is -0.371 e. The van der Waals surface area contributed by atoms with Crippen LogP contribution in [-0.4, -0.2) is 19.0 Å². The molecule has 1 N–H and O–H groups in total. The van der Waals surface area contributed by atoms with E-state index in [4.69, 9.17) is 0 Å². The SMILES string of the molecule is CC1CCCN(c2ccc(NC(=O)C3CCCCC3)cc2)C1. The third-order valence-electron chi connectivity index (χ3n) is 5.13. The van der Waals surface area contributed by atoms with Crippen LogP contribution in [0.15, 0.2) is 24.3 Å². The van der Waals surface area contributed by atoms with Crippen molar-refractivity contribution in [1.82, 2.24) is 0 Å². The summed E-state index contributed by atoms with van der Waals surface area (Å²) in [5.41, 5.74) is 2.21. The topological polar surface area (TPSA) is 32.3 Å². The molecule has 1 aromatic rings. The van der Waals surface area contributed by atoms with Gasteiger partial charge in [0.15, 0.2) is 0 Å². The van der Waals surface area contributed by atoms with Gasteiger partial charge in [-0.05, 0) is 55.9 Å². The third kappa shape index (κ3) is 3.82. The van der Waals surface area contributed by atoms with Crippen LogP contribution in [-0.2, 0) is 4.79 Å². The summed E-state index contributed by atoms with van der Waals surface area (Å²) in [5, 5.41) is 3.09. The number of carbonyl (C=O) groups is 1. The Morgan fingerprint density at radius 3 is 2.45 bits per heavy atom. The van der Waals surface area contributed by atoms with E-state index >= 15 is 0 Å². The zero-order valence-electron chi connectivity index (χ0n) is 13.7. The zero-order valence-corrected chi connectivity index (χ0v) is 13.7. The predicted octanol–water partition coefficient (Wildman–Crippen LogP) is 4.44. The minimum absolute atomic E-state index is 0.207. The highest BCUT2D eigenvalue weighted by molar-refractivity contribution is 5.92. The number of anilines is 2. The molecule has 1 saturated carbocycles. The molecule has 1 saturated heterocycles. The average molecular weight is 300 g/mol. The van der Waals surface area contributed by atoms with Crippen molar-refractivity contribution in [2.75, 3.05) is 23.3 Å². The summed E-state index contributed by atoms with van der Waals surface area (Å²) in [6.45, 7) is 4.62. The number of hydrogen-bond acceptors (Lipinski definition) is 2. The Hall–Kier alpha value is -1.51. The van der Waals surface area contributed by atoms with Crippen LogP contribution in [0.25, 0.3) is 0 Å². The van der Waals surface area contributed by atoms with Crippen LogP contribution in [0.3, 0.4) is 0 Å². The molecule has 3 heteroatoms. The van der Waals surface area contributed by atoms with E-state index in [2.05, 4.69) is 41.4 Å². The maximum atomic E-state index is 12.3. The van der Waals surface area contributed by atoms with Crippen molar-refractivity contribution in [1.29, 1.82) is 0 Å². The van der Waals surface area contributed by atoms with Gasteiger partial charge in [-0.15, -0.1) is 0 Å². The number of rotatable bonds is 3. The van der Waals surface area contributed by atoms with Gasteiger partial charge in [0.1, 0.15) is 0 Å². The van der Waals surface area contributed by atoms with Crippen LogP contribution in [0.2, 0.25) is 0 Å². The monoisotopic (exact) mass is 300 g/mol. The average Bonchev–Trinajstić information content (AvgIpc) is 2.56. The van der Waals surface area contributed by atoms with Crippen molar-refractivity contribution >= 4 is 17.3 Å². The highest BCUT2D eigenvalue weighted by Crippen LogP contribution is 2.27. The van der Waals surface area contributed by atoms with Gasteiger partial charge in [-0.3, -0.25) is 4.79 Å². The largest absolute Gasteiger partial charge is 0.371 e. The van der Waals surface area contributed by atoms with E-state index in [1.54, 1.807) is 0 Å². The smallest absolute Gasteiger partial charge is 0.227 e. The number of nitrogens with zero attached hydrogens (tertiary/aromatic N) is 1. The second-order valence-corrected chi connectivity index (χ2v) is 7.06. The summed E-state index contributed by atoms with van der Waals surface area (Å²) in [6, 6.07) is 8.40. The maximum Gasteiger partial charge on any atom is 0.227 e. The molecule has 0 aromatic heterocycles. The molecule has 22 heavy (non-hydrogen) atoms. The molecule has 120 valence electrons. The number of amides is 1. The molecule has 3 nitrogen and oxygen atoms in total. The summed E-state index contributed by atoms with van der Waals surface area (Å²) in [6.07, 6.45) is 8.40. The second kappa shape index (κ2) is 7.17. The highest BCUT2D eigenvalue weighted by Gasteiger charge is 2.21. The normalized spacial score (nSPS) is 23.3. The Morgan fingerprint density at radius 2 is 1.77 bits per heavy atom. The first-order valence-electron chi connectivity index (χ1n) is 8.88. The first-order chi connectivity index (χ1) is 10.7. The number of hydrogen-bond donors (Lipinski definition) is 1. The lowest BCUT2D eigenvalue weighted by Gasteiger charge is -2.32. The summed E-state index contributed by atoms with van der Waals surface area (Å²) < 4.78 is 0. The van der Waals surface area contributed by atoms with Crippen LogP contribution in [0.1, 0.15) is 51.9 Å². The van der Waals surface area contributed by atoms with E-state index in [-0.39, 0.29) is 11.8 Å². The lowest BCUT2D eigenvalue weighted by molar-refractivity contribution is -0.120. The second-order valence-electron chi connectivity index (χ2n) is 7.06. The Kier molecular flexibility index (Phi) is 5.01. The quantitative estimate of drug-likeness (QED) is 0.895. The fraction of sp³-hybridized carbons (Fsp3) is 0.632. The first-order valence-corrected chi connectivity index (χ1v) is 8.88. The molecular weight excluding hydrogens is 272 g/mol. The summed E-state index contributed by atoms with van der Waals surface area (Å²) in [4.78, 5) is 14.7. The molecule has 2 fully saturated rings. The van der Waals surface area contributed by atoms with Crippen molar-refractivity contribution in [2.24, 2.45) is 11.8 Å². The van der Waals surface area contributed by atoms with Crippen LogP contribution in [0, 0.1) is 11.8 Å². The van der Waals surface area contributed by atoms with E-state index < -0.39 is 0 Å². The summed E-state index contributed by atoms with van der Waals surface area (Å²) in [5.74, 6) is 1.20. The van der Waals surface area contributed by atoms with Crippen molar-refractivity contribution < 1.29 is 4.79 Å². The molecule has 2 aliphatic rings. The van der Waals surface area contributed by atoms with E-state index in [1.165, 1.54) is 37.8 Å². The molecule has 1 heterocycles. The highest BCUT2D eigenvalue weighted by atomic mass is 16.1. The van der Waals surface area contributed by atoms with Crippen molar-refractivity contribution in [3.05, 3.63) is 24.3 Å². The molecule has 0 radical (unpaired) electrons. The van der Waals surface area contributed by atoms with E-state index in [1.807, 2.05) is 0 Å². The summed E-state index contributed by atoms with van der Waals surface area (Å²) >= 11 is 0. The zero-order chi connectivity index (χ0) is 15.4. The number of piperidine rings is 1. The molecule has 0 bridgehead atoms. The first kappa shape index (κ1) is 15.4. The Morgan fingerprint density at radius 1 is 1.05 bits per heavy atom. The van der Waals surface area contributed by atoms with Gasteiger partial charge < -0.3 is 10.2 Å². The van der Waals surface area contributed by atoms with Crippen molar-refractivity contribution in [3.63, 3.8) is 0 Å². The van der Waals surface area contributed by atoms with Crippen molar-refractivity contribution in [2.45, 2.75) is 51.9 Å². The minimum atomic E-state index is 0.207. The number of nitrogens with one attached hydrogen (secondary N) is 1. The molecule has 1 aromatic carbocycles. The Bertz CT molecular complexity index is 491. The molecule has 1 aliphatic heterocycles. The standard InChI is InChI=1S/C19H28N2O/c1-15-6-5-13-21(14-15)18-11-9-17(10-12-18)20-19(22)16-7-3-2-4-8-16/h9-12,15-16H,2-8,13-14H2,1H3,(H,20,22). The predicted molar refractivity (Wildman–Crippen MR) is 92.3 cm³/mol. The van der Waals surface area contributed by atoms with Gasteiger partial charge in [-0.2, -0.15) is 0 Å². The van der Waals surface area contributed by atoms with Gasteiger partial charge >= 0.3 is 0 Å². The summed E-state index contributed by atoms with van der Waals surface area (Å²) in [7, 11) is 0. The van der Waals surface area contributed by atoms with E-state index in [0.717, 1.165) is 37.5 Å². The number of carbonyl (C=O) groups excluding carboxylic acids is 1. The molecule has 0 spiro atoms. The fourth-order valence-electron chi connectivity index (χ4n) is 3.79. The van der Waals surface area contributed by atoms with Crippen LogP contribution in [0.4, 0.5) is 11.4 Å². The molecule has 1 amide bonds. The molecule has 1 unspecified atom stereocenters. The third-order valence-corrected chi connectivity index (χ3v) is 5.13. The molecular formula is C19H28N2O. The van der Waals surface area contributed by atoms with Gasteiger partial charge in [-0.25, -0.2) is 0 Å². The van der Waals surface area contributed by atoms with Gasteiger partial charge in [0, 0.05) is 30.4 Å². The lowest BCUT2D eigenvalue weighted by atomic mass is 9.88. The Balaban J connectivity index is 1.58. The van der Waals surface area contributed by atoms with Crippen LogP contribution < -0.4 is 10.2 Å². The van der Waals surface area contributed by atoms with Gasteiger partial charge in [0.2, 0.25) is 5.91 Å². The van der Waals surface area contributed by atoms with Gasteiger partial charge in [0.25, 0.3) is 0 Å². The molecule has 1 aliphatic carbocycles. The van der Waals surface area contributed by atoms with E-state index in [9.17, 15) is 4.79 Å². The lowest BCUT2D eigenvalue weighted by Crippen LogP contribution is -2.34. The van der Waals surface area contributed by atoms with E-state index in [0.29, 0.717) is 0 Å². The fourth-order valence-corrected chi connectivity index (χ4v) is 3.79. The van der Waals surface area contributed by atoms with Crippen molar-refractivity contribution in [3.8, 4) is 0 Å². The van der Waals surface area contributed by atoms with Gasteiger partial charge in [0.05, 0.1) is 0 Å². The van der Waals surface area contributed by atoms with Gasteiger partial charge in [-0.1, -0.05) is 26.2 Å². The Labute approximate surface area is 134 Å². The molecule has 3 rings (SSSR count). The van der Waals surface area contributed by atoms with Crippen LogP contribution >= 0.6 is 0 Å². The van der Waals surface area contributed by atoms with Crippen LogP contribution in [0.5, 0.6) is 0 Å².